The van der Waals surface area contributed by atoms with E-state index in [1.165, 1.54) is 4.90 Å². The number of para-hydroxylation sites is 1. The molecule has 1 aliphatic rings. The van der Waals surface area contributed by atoms with E-state index in [9.17, 15) is 14.7 Å². The first-order valence-corrected chi connectivity index (χ1v) is 8.10. The Morgan fingerprint density at radius 2 is 1.84 bits per heavy atom. The minimum Gasteiger partial charge on any atom is -0.465 e. The lowest BCUT2D eigenvalue weighted by Gasteiger charge is -2.27. The highest BCUT2D eigenvalue weighted by Gasteiger charge is 2.56. The van der Waals surface area contributed by atoms with Gasteiger partial charge in [-0.15, -0.1) is 0 Å². The van der Waals surface area contributed by atoms with E-state index in [-0.39, 0.29) is 13.2 Å². The molecule has 0 saturated carbocycles. The van der Waals surface area contributed by atoms with Gasteiger partial charge in [0.1, 0.15) is 6.04 Å². The minimum absolute atomic E-state index is 0.117. The summed E-state index contributed by atoms with van der Waals surface area (Å²) in [5.74, 6) is -1.44. The third-order valence-electron chi connectivity index (χ3n) is 4.35. The standard InChI is InChI=1S/C19H20N2O4/c1-2-25-17(22)16(20)19(24)14-10-6-7-11-15(14)21(18(19)23)12-13-8-4-3-5-9-13/h3-11,16,24H,2,12,20H2,1H3/t16-,19-/m0/s1. The molecule has 3 N–H and O–H groups in total. The molecule has 6 heteroatoms. The highest BCUT2D eigenvalue weighted by molar-refractivity contribution is 6.09. The predicted octanol–water partition coefficient (Wildman–Crippen LogP) is 1.31. The molecular weight excluding hydrogens is 320 g/mol. The van der Waals surface area contributed by atoms with Crippen LogP contribution in [0.4, 0.5) is 5.69 Å². The third kappa shape index (κ3) is 2.79. The zero-order valence-corrected chi connectivity index (χ0v) is 13.9. The second-order valence-corrected chi connectivity index (χ2v) is 5.89. The van der Waals surface area contributed by atoms with Gasteiger partial charge < -0.3 is 20.5 Å². The number of amides is 1. The summed E-state index contributed by atoms with van der Waals surface area (Å²) < 4.78 is 4.90. The Hall–Kier alpha value is -2.70. The summed E-state index contributed by atoms with van der Waals surface area (Å²) in [7, 11) is 0. The second-order valence-electron chi connectivity index (χ2n) is 5.89. The van der Waals surface area contributed by atoms with Crippen LogP contribution < -0.4 is 10.6 Å². The number of carbonyl (C=O) groups is 2. The molecule has 0 aromatic heterocycles. The summed E-state index contributed by atoms with van der Waals surface area (Å²) in [5, 5.41) is 11.1. The number of nitrogens with zero attached hydrogens (tertiary/aromatic N) is 1. The first-order chi connectivity index (χ1) is 12.0. The lowest BCUT2D eigenvalue weighted by atomic mass is 9.88. The van der Waals surface area contributed by atoms with Crippen LogP contribution in [-0.4, -0.2) is 29.6 Å². The van der Waals surface area contributed by atoms with Crippen molar-refractivity contribution in [2.45, 2.75) is 25.1 Å². The van der Waals surface area contributed by atoms with Crippen LogP contribution in [-0.2, 0) is 26.5 Å². The van der Waals surface area contributed by atoms with Gasteiger partial charge in [0.25, 0.3) is 5.91 Å². The molecule has 1 amide bonds. The summed E-state index contributed by atoms with van der Waals surface area (Å²) in [6.45, 7) is 2.03. The average Bonchev–Trinajstić information content (AvgIpc) is 2.85. The monoisotopic (exact) mass is 340 g/mol. The van der Waals surface area contributed by atoms with Crippen LogP contribution in [0.15, 0.2) is 54.6 Å². The van der Waals surface area contributed by atoms with Gasteiger partial charge in [-0.1, -0.05) is 48.5 Å². The summed E-state index contributed by atoms with van der Waals surface area (Å²) in [5.41, 5.74) is 5.55. The molecule has 130 valence electrons. The fraction of sp³-hybridized carbons (Fsp3) is 0.263. The fourth-order valence-corrected chi connectivity index (χ4v) is 3.09. The summed E-state index contributed by atoms with van der Waals surface area (Å²) in [4.78, 5) is 26.6. The highest BCUT2D eigenvalue weighted by Crippen LogP contribution is 2.42. The van der Waals surface area contributed by atoms with Crippen molar-refractivity contribution in [1.29, 1.82) is 0 Å². The van der Waals surface area contributed by atoms with Gasteiger partial charge in [0.2, 0.25) is 0 Å². The highest BCUT2D eigenvalue weighted by atomic mass is 16.5. The molecule has 2 aromatic carbocycles. The van der Waals surface area contributed by atoms with E-state index in [0.29, 0.717) is 11.3 Å². The molecule has 2 atom stereocenters. The zero-order chi connectivity index (χ0) is 18.0. The molecule has 0 fully saturated rings. The van der Waals surface area contributed by atoms with Crippen LogP contribution in [0.25, 0.3) is 0 Å². The van der Waals surface area contributed by atoms with Crippen LogP contribution in [0.1, 0.15) is 18.1 Å². The third-order valence-corrected chi connectivity index (χ3v) is 4.35. The molecule has 25 heavy (non-hydrogen) atoms. The van der Waals surface area contributed by atoms with E-state index in [0.717, 1.165) is 5.56 Å². The number of anilines is 1. The maximum Gasteiger partial charge on any atom is 0.326 e. The van der Waals surface area contributed by atoms with E-state index in [2.05, 4.69) is 0 Å². The number of aliphatic hydroxyl groups is 1. The fourth-order valence-electron chi connectivity index (χ4n) is 3.09. The van der Waals surface area contributed by atoms with Crippen LogP contribution in [0, 0.1) is 0 Å². The molecule has 0 radical (unpaired) electrons. The van der Waals surface area contributed by atoms with Crippen molar-refractivity contribution < 1.29 is 19.4 Å². The van der Waals surface area contributed by atoms with Gasteiger partial charge in [0.15, 0.2) is 5.60 Å². The number of rotatable bonds is 5. The lowest BCUT2D eigenvalue weighted by Crippen LogP contribution is -2.56. The Bertz CT molecular complexity index is 793. The van der Waals surface area contributed by atoms with E-state index in [1.54, 1.807) is 31.2 Å². The molecule has 0 aliphatic carbocycles. The van der Waals surface area contributed by atoms with E-state index < -0.39 is 23.5 Å². The largest absolute Gasteiger partial charge is 0.465 e. The maximum atomic E-state index is 13.0. The topological polar surface area (TPSA) is 92.9 Å². The molecule has 0 saturated heterocycles. The van der Waals surface area contributed by atoms with E-state index >= 15 is 0 Å². The van der Waals surface area contributed by atoms with Gasteiger partial charge in [0.05, 0.1) is 18.8 Å². The molecule has 6 nitrogen and oxygen atoms in total. The SMILES string of the molecule is CCOC(=O)[C@H](N)[C@]1(O)C(=O)N(Cc2ccccc2)c2ccccc21. The Labute approximate surface area is 145 Å². The number of benzene rings is 2. The molecular formula is C19H20N2O4. The molecule has 0 bridgehead atoms. The molecule has 1 heterocycles. The summed E-state index contributed by atoms with van der Waals surface area (Å²) in [6, 6.07) is 14.7. The van der Waals surface area contributed by atoms with Gasteiger partial charge in [-0.2, -0.15) is 0 Å². The number of ether oxygens (including phenoxy) is 1. The van der Waals surface area contributed by atoms with E-state index in [1.807, 2.05) is 30.3 Å². The minimum atomic E-state index is -2.14. The Morgan fingerprint density at radius 3 is 2.52 bits per heavy atom. The van der Waals surface area contributed by atoms with Crippen LogP contribution >= 0.6 is 0 Å². The number of esters is 1. The van der Waals surface area contributed by atoms with Gasteiger partial charge >= 0.3 is 5.97 Å². The first-order valence-electron chi connectivity index (χ1n) is 8.10. The normalized spacial score (nSPS) is 20.3. The van der Waals surface area contributed by atoms with Crippen molar-refractivity contribution in [2.75, 3.05) is 11.5 Å². The summed E-state index contributed by atoms with van der Waals surface area (Å²) >= 11 is 0. The molecule has 2 aromatic rings. The average molecular weight is 340 g/mol. The van der Waals surface area contributed by atoms with Crippen molar-refractivity contribution in [1.82, 2.24) is 0 Å². The Balaban J connectivity index is 2.01. The predicted molar refractivity (Wildman–Crippen MR) is 92.6 cm³/mol. The van der Waals surface area contributed by atoms with Gasteiger partial charge in [0, 0.05) is 5.56 Å². The van der Waals surface area contributed by atoms with Crippen molar-refractivity contribution in [3.8, 4) is 0 Å². The number of carbonyl (C=O) groups excluding carboxylic acids is 2. The zero-order valence-electron chi connectivity index (χ0n) is 13.9. The lowest BCUT2D eigenvalue weighted by molar-refractivity contribution is -0.158. The number of hydrogen-bond donors (Lipinski definition) is 2. The molecule has 0 spiro atoms. The molecule has 3 rings (SSSR count). The number of fused-ring (bicyclic) bond motifs is 1. The summed E-state index contributed by atoms with van der Waals surface area (Å²) in [6.07, 6.45) is 0. The van der Waals surface area contributed by atoms with Gasteiger partial charge in [-0.05, 0) is 18.6 Å². The maximum absolute atomic E-state index is 13.0. The quantitative estimate of drug-likeness (QED) is 0.801. The van der Waals surface area contributed by atoms with Gasteiger partial charge in [-0.3, -0.25) is 9.59 Å². The van der Waals surface area contributed by atoms with Crippen LogP contribution in [0.5, 0.6) is 0 Å². The van der Waals surface area contributed by atoms with Crippen LogP contribution in [0.2, 0.25) is 0 Å². The van der Waals surface area contributed by atoms with Crippen molar-refractivity contribution >= 4 is 17.6 Å². The van der Waals surface area contributed by atoms with Crippen molar-refractivity contribution in [3.05, 3.63) is 65.7 Å². The smallest absolute Gasteiger partial charge is 0.326 e. The Kier molecular flexibility index (Phi) is 4.57. The van der Waals surface area contributed by atoms with E-state index in [4.69, 9.17) is 10.5 Å². The Morgan fingerprint density at radius 1 is 1.20 bits per heavy atom. The second kappa shape index (κ2) is 6.66. The molecule has 1 aliphatic heterocycles. The first kappa shape index (κ1) is 17.1. The molecule has 0 unspecified atom stereocenters. The number of nitrogens with two attached hydrogens (primary N) is 1. The van der Waals surface area contributed by atoms with Crippen molar-refractivity contribution in [3.63, 3.8) is 0 Å². The van der Waals surface area contributed by atoms with Crippen molar-refractivity contribution in [2.24, 2.45) is 5.73 Å². The van der Waals surface area contributed by atoms with Crippen LogP contribution in [0.3, 0.4) is 0 Å². The van der Waals surface area contributed by atoms with Gasteiger partial charge in [-0.25, -0.2) is 0 Å². The number of hydrogen-bond acceptors (Lipinski definition) is 5.